The zero-order valence-electron chi connectivity index (χ0n) is 13.0. The van der Waals surface area contributed by atoms with Crippen LogP contribution in [0.2, 0.25) is 0 Å². The van der Waals surface area contributed by atoms with Crippen LogP contribution in [0.3, 0.4) is 0 Å². The highest BCUT2D eigenvalue weighted by atomic mass is 19.1. The van der Waals surface area contributed by atoms with Crippen LogP contribution in [0.4, 0.5) is 4.39 Å². The summed E-state index contributed by atoms with van der Waals surface area (Å²) in [5.74, 6) is 0.467. The van der Waals surface area contributed by atoms with Gasteiger partial charge in [-0.2, -0.15) is 0 Å². The molecule has 0 saturated heterocycles. The van der Waals surface area contributed by atoms with E-state index in [1.807, 2.05) is 24.2 Å². The van der Waals surface area contributed by atoms with E-state index in [-0.39, 0.29) is 5.82 Å². The van der Waals surface area contributed by atoms with Crippen molar-refractivity contribution in [3.05, 3.63) is 59.3 Å². The van der Waals surface area contributed by atoms with Crippen molar-refractivity contribution in [3.63, 3.8) is 0 Å². The molecule has 1 unspecified atom stereocenters. The van der Waals surface area contributed by atoms with E-state index < -0.39 is 0 Å². The molecule has 0 saturated carbocycles. The molecule has 0 fully saturated rings. The summed E-state index contributed by atoms with van der Waals surface area (Å²) in [7, 11) is 0. The van der Waals surface area contributed by atoms with Crippen molar-refractivity contribution in [1.29, 1.82) is 0 Å². The van der Waals surface area contributed by atoms with E-state index in [1.54, 1.807) is 6.07 Å². The number of rotatable bonds is 8. The monoisotopic (exact) mass is 289 g/mol. The number of aryl methyl sites for hydroxylation is 1. The Morgan fingerprint density at radius 2 is 2.19 bits per heavy atom. The molecule has 0 bridgehead atoms. The lowest BCUT2D eigenvalue weighted by Crippen LogP contribution is -2.28. The van der Waals surface area contributed by atoms with Crippen molar-refractivity contribution in [3.8, 4) is 0 Å². The molecule has 1 heterocycles. The third-order valence-electron chi connectivity index (χ3n) is 3.89. The molecule has 1 atom stereocenters. The molecule has 2 rings (SSSR count). The minimum atomic E-state index is -0.174. The Kier molecular flexibility index (Phi) is 5.02. The van der Waals surface area contributed by atoms with Gasteiger partial charge in [-0.15, -0.1) is 0 Å². The van der Waals surface area contributed by atoms with Crippen molar-refractivity contribution >= 4 is 0 Å². The fourth-order valence-electron chi connectivity index (χ4n) is 2.02. The highest BCUT2D eigenvalue weighted by Crippen LogP contribution is 2.24. The molecule has 1 aromatic carbocycles. The van der Waals surface area contributed by atoms with E-state index in [0.29, 0.717) is 18.0 Å². The number of hydrazine groups is 1. The van der Waals surface area contributed by atoms with Gasteiger partial charge in [-0.1, -0.05) is 39.0 Å². The van der Waals surface area contributed by atoms with Crippen molar-refractivity contribution < 1.29 is 4.39 Å². The zero-order chi connectivity index (χ0) is 15.4. The average molecular weight is 289 g/mol. The summed E-state index contributed by atoms with van der Waals surface area (Å²) in [4.78, 5) is 0. The molecule has 0 radical (unpaired) electrons. The fourth-order valence-corrected chi connectivity index (χ4v) is 2.02. The van der Waals surface area contributed by atoms with Crippen LogP contribution < -0.4 is 10.7 Å². The van der Waals surface area contributed by atoms with E-state index in [2.05, 4.69) is 31.2 Å². The molecule has 4 heteroatoms. The molecular formula is C17H24FN3. The van der Waals surface area contributed by atoms with Crippen LogP contribution in [0.25, 0.3) is 0 Å². The predicted octanol–water partition coefficient (Wildman–Crippen LogP) is 3.45. The van der Waals surface area contributed by atoms with Crippen LogP contribution in [-0.2, 0) is 6.54 Å². The van der Waals surface area contributed by atoms with Crippen LogP contribution in [0.1, 0.15) is 31.4 Å². The van der Waals surface area contributed by atoms with Gasteiger partial charge >= 0.3 is 0 Å². The van der Waals surface area contributed by atoms with Gasteiger partial charge in [0.2, 0.25) is 0 Å². The first-order valence-electron chi connectivity index (χ1n) is 7.44. The van der Waals surface area contributed by atoms with Gasteiger partial charge in [-0.3, -0.25) is 5.01 Å². The molecule has 0 amide bonds. The molecule has 3 nitrogen and oxygen atoms in total. The van der Waals surface area contributed by atoms with Crippen LogP contribution in [0.5, 0.6) is 0 Å². The maximum atomic E-state index is 13.7. The Labute approximate surface area is 126 Å². The zero-order valence-corrected chi connectivity index (χ0v) is 13.0. The lowest BCUT2D eigenvalue weighted by atomic mass is 10.1. The molecule has 114 valence electrons. The van der Waals surface area contributed by atoms with Crippen LogP contribution in [-0.4, -0.2) is 11.6 Å². The first-order chi connectivity index (χ1) is 10.0. The van der Waals surface area contributed by atoms with E-state index in [0.717, 1.165) is 29.9 Å². The second-order valence-corrected chi connectivity index (χ2v) is 5.63. The summed E-state index contributed by atoms with van der Waals surface area (Å²) in [6, 6.07) is 5.13. The number of nitrogens with one attached hydrogen (secondary N) is 2. The van der Waals surface area contributed by atoms with Gasteiger partial charge in [-0.25, -0.2) is 9.82 Å². The maximum Gasteiger partial charge on any atom is 0.128 e. The normalized spacial score (nSPS) is 14.7. The van der Waals surface area contributed by atoms with Gasteiger partial charge in [0, 0.05) is 24.9 Å². The summed E-state index contributed by atoms with van der Waals surface area (Å²) in [6.45, 7) is 11.7. The number of hydrogen-bond donors (Lipinski definition) is 2. The molecule has 0 spiro atoms. The largest absolute Gasteiger partial charge is 0.380 e. The van der Waals surface area contributed by atoms with Crippen molar-refractivity contribution in [1.82, 2.24) is 15.8 Å². The Morgan fingerprint density at radius 1 is 1.43 bits per heavy atom. The summed E-state index contributed by atoms with van der Waals surface area (Å²) in [5.41, 5.74) is 6.82. The average Bonchev–Trinajstić information content (AvgIpc) is 3.23. The lowest BCUT2D eigenvalue weighted by molar-refractivity contribution is 0.366. The van der Waals surface area contributed by atoms with Gasteiger partial charge in [0.05, 0.1) is 11.4 Å². The van der Waals surface area contributed by atoms with Crippen molar-refractivity contribution in [2.45, 2.75) is 33.7 Å². The van der Waals surface area contributed by atoms with Gasteiger partial charge in [0.15, 0.2) is 0 Å². The van der Waals surface area contributed by atoms with Gasteiger partial charge in [0.1, 0.15) is 5.82 Å². The summed E-state index contributed by atoms with van der Waals surface area (Å²) >= 11 is 0. The van der Waals surface area contributed by atoms with E-state index in [9.17, 15) is 4.39 Å². The third-order valence-corrected chi connectivity index (χ3v) is 3.89. The van der Waals surface area contributed by atoms with E-state index >= 15 is 0 Å². The van der Waals surface area contributed by atoms with Gasteiger partial charge in [-0.05, 0) is 24.5 Å². The SMILES string of the molecule is C=C(NCc1c(C)cccc1F)C1=CN1NCC(C)CC. The van der Waals surface area contributed by atoms with Crippen LogP contribution >= 0.6 is 0 Å². The van der Waals surface area contributed by atoms with Crippen molar-refractivity contribution in [2.75, 3.05) is 6.54 Å². The molecule has 1 aliphatic rings. The number of halogens is 1. The van der Waals surface area contributed by atoms with Gasteiger partial charge < -0.3 is 5.32 Å². The summed E-state index contributed by atoms with van der Waals surface area (Å²) in [6.07, 6.45) is 3.15. The Morgan fingerprint density at radius 3 is 2.86 bits per heavy atom. The van der Waals surface area contributed by atoms with E-state index in [1.165, 1.54) is 6.07 Å². The maximum absolute atomic E-state index is 13.7. The first kappa shape index (κ1) is 15.6. The number of benzene rings is 1. The van der Waals surface area contributed by atoms with E-state index in [4.69, 9.17) is 0 Å². The standard InChI is InChI=1S/C17H24FN3/c1-5-12(2)9-20-21-11-17(21)14(4)19-10-15-13(3)7-6-8-16(15)18/h6-8,11-12,19-20H,4-5,9-10H2,1-3H3. The number of nitrogens with zero attached hydrogens (tertiary/aromatic N) is 1. The molecule has 0 aliphatic carbocycles. The molecule has 21 heavy (non-hydrogen) atoms. The smallest absolute Gasteiger partial charge is 0.128 e. The molecule has 1 aromatic rings. The summed E-state index contributed by atoms with van der Waals surface area (Å²) in [5, 5.41) is 5.16. The lowest BCUT2D eigenvalue weighted by Gasteiger charge is -2.15. The fraction of sp³-hybridized carbons (Fsp3) is 0.412. The molecule has 1 aliphatic heterocycles. The highest BCUT2D eigenvalue weighted by molar-refractivity contribution is 5.37. The minimum absolute atomic E-state index is 0.174. The Balaban J connectivity index is 1.78. The summed E-state index contributed by atoms with van der Waals surface area (Å²) < 4.78 is 13.7. The highest BCUT2D eigenvalue weighted by Gasteiger charge is 2.23. The van der Waals surface area contributed by atoms with Gasteiger partial charge in [0.25, 0.3) is 0 Å². The molecular weight excluding hydrogens is 265 g/mol. The second-order valence-electron chi connectivity index (χ2n) is 5.63. The molecule has 0 aromatic heterocycles. The molecule has 2 N–H and O–H groups in total. The van der Waals surface area contributed by atoms with Crippen LogP contribution in [0, 0.1) is 18.7 Å². The Hall–Kier alpha value is -1.81. The quantitative estimate of drug-likeness (QED) is 0.767. The number of hydrogen-bond acceptors (Lipinski definition) is 3. The predicted molar refractivity (Wildman–Crippen MR) is 84.5 cm³/mol. The topological polar surface area (TPSA) is 27.1 Å². The first-order valence-corrected chi connectivity index (χ1v) is 7.44. The minimum Gasteiger partial charge on any atom is -0.380 e. The van der Waals surface area contributed by atoms with Crippen molar-refractivity contribution in [2.24, 2.45) is 5.92 Å². The third kappa shape index (κ3) is 4.08. The second kappa shape index (κ2) is 6.76. The Bertz CT molecular complexity index is 531. The van der Waals surface area contributed by atoms with Crippen LogP contribution in [0.15, 0.2) is 42.4 Å².